The molecule has 1 amide bonds. The number of fused-ring (bicyclic) bond motifs is 1. The van der Waals surface area contributed by atoms with Crippen LogP contribution in [0.4, 0.5) is 5.69 Å². The minimum absolute atomic E-state index is 0.0455. The number of amides is 1. The smallest absolute Gasteiger partial charge is 0.229 e. The van der Waals surface area contributed by atoms with Crippen molar-refractivity contribution >= 4 is 23.4 Å². The molecule has 0 aliphatic carbocycles. The lowest BCUT2D eigenvalue weighted by Gasteiger charge is -2.21. The van der Waals surface area contributed by atoms with Crippen molar-refractivity contribution in [2.45, 2.75) is 24.2 Å². The highest BCUT2D eigenvalue weighted by atomic mass is 32.2. The van der Waals surface area contributed by atoms with Crippen LogP contribution in [0, 0.1) is 0 Å². The van der Waals surface area contributed by atoms with E-state index in [4.69, 9.17) is 5.11 Å². The molecule has 1 heterocycles. The van der Waals surface area contributed by atoms with E-state index in [1.807, 2.05) is 17.8 Å². The number of carbonyl (C=O) groups is 1. The minimum Gasteiger partial charge on any atom is -0.396 e. The zero-order chi connectivity index (χ0) is 12.3. The Kier molecular flexibility index (Phi) is 4.07. The zero-order valence-corrected chi connectivity index (χ0v) is 10.8. The highest BCUT2D eigenvalue weighted by Crippen LogP contribution is 2.32. The fourth-order valence-corrected chi connectivity index (χ4v) is 2.98. The molecule has 3 nitrogen and oxygen atoms in total. The Hall–Kier alpha value is -1.00. The van der Waals surface area contributed by atoms with Gasteiger partial charge in [0.15, 0.2) is 0 Å². The highest BCUT2D eigenvalue weighted by molar-refractivity contribution is 7.99. The van der Waals surface area contributed by atoms with Gasteiger partial charge in [0, 0.05) is 17.6 Å². The van der Waals surface area contributed by atoms with E-state index in [2.05, 4.69) is 12.1 Å². The average Bonchev–Trinajstić information content (AvgIpc) is 2.37. The average molecular weight is 251 g/mol. The maximum atomic E-state index is 11.7. The molecule has 0 atom stereocenters. The summed E-state index contributed by atoms with van der Waals surface area (Å²) in [5.74, 6) is 1.14. The Balaban J connectivity index is 2.18. The van der Waals surface area contributed by atoms with Gasteiger partial charge in [0.05, 0.1) is 13.0 Å². The molecule has 92 valence electrons. The topological polar surface area (TPSA) is 40.5 Å². The van der Waals surface area contributed by atoms with Crippen molar-refractivity contribution < 1.29 is 9.90 Å². The zero-order valence-electron chi connectivity index (χ0n) is 9.98. The summed E-state index contributed by atoms with van der Waals surface area (Å²) in [5.41, 5.74) is 2.26. The largest absolute Gasteiger partial charge is 0.396 e. The van der Waals surface area contributed by atoms with Crippen LogP contribution in [-0.4, -0.2) is 30.4 Å². The number of thioether (sulfide) groups is 1. The van der Waals surface area contributed by atoms with Crippen LogP contribution in [0.3, 0.4) is 0 Å². The van der Waals surface area contributed by atoms with Gasteiger partial charge in [-0.3, -0.25) is 4.79 Å². The highest BCUT2D eigenvalue weighted by Gasteiger charge is 2.14. The molecule has 2 rings (SSSR count). The van der Waals surface area contributed by atoms with Crippen molar-refractivity contribution in [3.05, 3.63) is 23.8 Å². The number of nitrogens with zero attached hydrogens (tertiary/aromatic N) is 1. The van der Waals surface area contributed by atoms with Gasteiger partial charge in [0.25, 0.3) is 0 Å². The predicted molar refractivity (Wildman–Crippen MR) is 70.6 cm³/mol. The summed E-state index contributed by atoms with van der Waals surface area (Å²) in [6.45, 7) is -0.0933. The van der Waals surface area contributed by atoms with Crippen molar-refractivity contribution in [2.24, 2.45) is 0 Å². The SMILES string of the molecule is CN(C(=O)CCO)c1ccc2c(c1)CCCS2. The molecule has 4 heteroatoms. The molecule has 1 aliphatic heterocycles. The second kappa shape index (κ2) is 5.56. The van der Waals surface area contributed by atoms with Gasteiger partial charge in [-0.1, -0.05) is 0 Å². The van der Waals surface area contributed by atoms with Crippen LogP contribution in [0.2, 0.25) is 0 Å². The number of aryl methyl sites for hydroxylation is 1. The number of aliphatic hydroxyl groups is 1. The molecule has 0 radical (unpaired) electrons. The van der Waals surface area contributed by atoms with E-state index in [-0.39, 0.29) is 18.9 Å². The van der Waals surface area contributed by atoms with Gasteiger partial charge >= 0.3 is 0 Å². The van der Waals surface area contributed by atoms with Crippen molar-refractivity contribution in [3.8, 4) is 0 Å². The molecule has 1 aromatic rings. The van der Waals surface area contributed by atoms with Crippen LogP contribution >= 0.6 is 11.8 Å². The summed E-state index contributed by atoms with van der Waals surface area (Å²) in [7, 11) is 1.76. The quantitative estimate of drug-likeness (QED) is 0.894. The Morgan fingerprint density at radius 3 is 3.12 bits per heavy atom. The first-order chi connectivity index (χ1) is 8.22. The number of rotatable bonds is 3. The van der Waals surface area contributed by atoms with Crippen LogP contribution in [0.1, 0.15) is 18.4 Å². The van der Waals surface area contributed by atoms with Crippen LogP contribution in [0.15, 0.2) is 23.1 Å². The summed E-state index contributed by atoms with van der Waals surface area (Å²) in [4.78, 5) is 14.6. The molecule has 1 N–H and O–H groups in total. The van der Waals surface area contributed by atoms with Gasteiger partial charge in [-0.05, 0) is 42.4 Å². The van der Waals surface area contributed by atoms with Crippen molar-refractivity contribution in [3.63, 3.8) is 0 Å². The lowest BCUT2D eigenvalue weighted by atomic mass is 10.1. The first-order valence-corrected chi connectivity index (χ1v) is 6.84. The summed E-state index contributed by atoms with van der Waals surface area (Å²) in [5, 5.41) is 8.77. The summed E-state index contributed by atoms with van der Waals surface area (Å²) >= 11 is 1.88. The molecular formula is C13H17NO2S. The Labute approximate surface area is 106 Å². The first-order valence-electron chi connectivity index (χ1n) is 5.85. The molecular weight excluding hydrogens is 234 g/mol. The normalized spacial score (nSPS) is 14.2. The molecule has 0 saturated heterocycles. The van der Waals surface area contributed by atoms with E-state index in [0.717, 1.165) is 12.1 Å². The Morgan fingerprint density at radius 2 is 2.35 bits per heavy atom. The van der Waals surface area contributed by atoms with Crippen LogP contribution in [0.5, 0.6) is 0 Å². The van der Waals surface area contributed by atoms with Gasteiger partial charge in [0.1, 0.15) is 0 Å². The van der Waals surface area contributed by atoms with Crippen molar-refractivity contribution in [1.29, 1.82) is 0 Å². The third-order valence-electron chi connectivity index (χ3n) is 2.98. The fourth-order valence-electron chi connectivity index (χ4n) is 1.96. The monoisotopic (exact) mass is 251 g/mol. The van der Waals surface area contributed by atoms with Crippen LogP contribution in [0.25, 0.3) is 0 Å². The molecule has 17 heavy (non-hydrogen) atoms. The Bertz CT molecular complexity index is 420. The predicted octanol–water partition coefficient (Wildman–Crippen LogP) is 2.07. The summed E-state index contributed by atoms with van der Waals surface area (Å²) < 4.78 is 0. The van der Waals surface area contributed by atoms with E-state index in [1.54, 1.807) is 11.9 Å². The van der Waals surface area contributed by atoms with Crippen LogP contribution in [-0.2, 0) is 11.2 Å². The molecule has 0 spiro atoms. The molecule has 0 fully saturated rings. The van der Waals surface area contributed by atoms with E-state index in [9.17, 15) is 4.79 Å². The number of anilines is 1. The van der Waals surface area contributed by atoms with Gasteiger partial charge in [0.2, 0.25) is 5.91 Å². The molecule has 0 saturated carbocycles. The summed E-state index contributed by atoms with van der Waals surface area (Å²) in [6.07, 6.45) is 2.48. The third kappa shape index (κ3) is 2.82. The molecule has 0 unspecified atom stereocenters. The maximum Gasteiger partial charge on any atom is 0.229 e. The lowest BCUT2D eigenvalue weighted by Crippen LogP contribution is -2.26. The van der Waals surface area contributed by atoms with Gasteiger partial charge in [-0.25, -0.2) is 0 Å². The maximum absolute atomic E-state index is 11.7. The number of aliphatic hydroxyl groups excluding tert-OH is 1. The summed E-state index contributed by atoms with van der Waals surface area (Å²) in [6, 6.07) is 6.17. The number of benzene rings is 1. The molecule has 0 bridgehead atoms. The first kappa shape index (κ1) is 12.5. The van der Waals surface area contributed by atoms with Gasteiger partial charge in [-0.2, -0.15) is 0 Å². The third-order valence-corrected chi connectivity index (χ3v) is 4.18. The minimum atomic E-state index is -0.0933. The van der Waals surface area contributed by atoms with Crippen molar-refractivity contribution in [2.75, 3.05) is 24.3 Å². The van der Waals surface area contributed by atoms with E-state index in [0.29, 0.717) is 0 Å². The van der Waals surface area contributed by atoms with E-state index in [1.165, 1.54) is 22.6 Å². The van der Waals surface area contributed by atoms with Crippen LogP contribution < -0.4 is 4.90 Å². The molecule has 0 aromatic heterocycles. The van der Waals surface area contributed by atoms with E-state index < -0.39 is 0 Å². The second-order valence-corrected chi connectivity index (χ2v) is 5.31. The fraction of sp³-hybridized carbons (Fsp3) is 0.462. The second-order valence-electron chi connectivity index (χ2n) is 4.17. The molecule has 1 aromatic carbocycles. The standard InChI is InChI=1S/C13H17NO2S/c1-14(13(16)6-7-15)11-4-5-12-10(9-11)3-2-8-17-12/h4-5,9,15H,2-3,6-8H2,1H3. The Morgan fingerprint density at radius 1 is 1.53 bits per heavy atom. The lowest BCUT2D eigenvalue weighted by molar-refractivity contribution is -0.118. The van der Waals surface area contributed by atoms with Gasteiger partial charge in [-0.15, -0.1) is 11.8 Å². The number of carbonyl (C=O) groups excluding carboxylic acids is 1. The van der Waals surface area contributed by atoms with Gasteiger partial charge < -0.3 is 10.0 Å². The van der Waals surface area contributed by atoms with E-state index >= 15 is 0 Å². The molecule has 1 aliphatic rings. The van der Waals surface area contributed by atoms with Crippen molar-refractivity contribution in [1.82, 2.24) is 0 Å². The number of hydrogen-bond donors (Lipinski definition) is 1. The number of hydrogen-bond acceptors (Lipinski definition) is 3.